The summed E-state index contributed by atoms with van der Waals surface area (Å²) in [5.74, 6) is 0. The molecule has 9 heavy (non-hydrogen) atoms. The Bertz CT molecular complexity index is 101. The molecule has 0 aromatic rings. The van der Waals surface area contributed by atoms with E-state index in [1.54, 1.807) is 5.43 Å². The highest BCUT2D eigenvalue weighted by Gasteiger charge is 1.92. The predicted octanol–water partition coefficient (Wildman–Crippen LogP) is -1.24. The van der Waals surface area contributed by atoms with Crippen LogP contribution < -0.4 is 10.7 Å². The fraction of sp³-hybridized carbons (Fsp3) is 0.600. The van der Waals surface area contributed by atoms with Gasteiger partial charge >= 0.3 is 0 Å². The summed E-state index contributed by atoms with van der Waals surface area (Å²) in [6, 6.07) is 0. The van der Waals surface area contributed by atoms with Crippen LogP contribution in [0.1, 0.15) is 0 Å². The minimum absolute atomic E-state index is 0.948. The Morgan fingerprint density at radius 2 is 2.67 bits per heavy atom. The quantitative estimate of drug-likeness (QED) is 0.467. The van der Waals surface area contributed by atoms with E-state index in [-0.39, 0.29) is 0 Å². The fourth-order valence-corrected chi connectivity index (χ4v) is 0.659. The van der Waals surface area contributed by atoms with Gasteiger partial charge in [0.1, 0.15) is 0 Å². The molecule has 4 heteroatoms. The molecule has 1 aliphatic rings. The van der Waals surface area contributed by atoms with E-state index >= 15 is 0 Å². The van der Waals surface area contributed by atoms with Crippen LogP contribution in [-0.4, -0.2) is 25.1 Å². The molecule has 0 aromatic carbocycles. The maximum absolute atomic E-state index is 4.03. The first-order valence-electron chi connectivity index (χ1n) is 3.05. The normalized spacial score (nSPS) is 17.2. The van der Waals surface area contributed by atoms with Crippen molar-refractivity contribution in [1.82, 2.24) is 10.3 Å². The second-order valence-electron chi connectivity index (χ2n) is 1.87. The fourth-order valence-electron chi connectivity index (χ4n) is 0.659. The number of hydrogen-bond donors (Lipinski definition) is 2. The molecule has 0 amide bonds. The second-order valence-corrected chi connectivity index (χ2v) is 1.87. The number of hydrogen-bond acceptors (Lipinski definition) is 2. The highest BCUT2D eigenvalue weighted by atomic mass is 15.7. The van der Waals surface area contributed by atoms with Crippen LogP contribution in [0.2, 0.25) is 0 Å². The molecule has 0 unspecified atom stereocenters. The molecule has 4 nitrogen and oxygen atoms in total. The highest BCUT2D eigenvalue weighted by Crippen LogP contribution is 1.93. The molecule has 52 valence electrons. The van der Waals surface area contributed by atoms with Crippen molar-refractivity contribution in [3.05, 3.63) is 17.9 Å². The maximum atomic E-state index is 4.03. The number of nitrogens with one attached hydrogen (secondary N) is 1. The van der Waals surface area contributed by atoms with E-state index in [9.17, 15) is 0 Å². The van der Waals surface area contributed by atoms with Gasteiger partial charge in [-0.1, -0.05) is 0 Å². The monoisotopic (exact) mass is 128 g/mol. The minimum Gasteiger partial charge on any atom is -0.426 e. The van der Waals surface area contributed by atoms with Crippen LogP contribution in [0.5, 0.6) is 0 Å². The molecule has 1 heterocycles. The molecule has 3 N–H and O–H groups in total. The van der Waals surface area contributed by atoms with E-state index in [4.69, 9.17) is 0 Å². The molecule has 0 atom stereocenters. The van der Waals surface area contributed by atoms with Crippen LogP contribution in [0.3, 0.4) is 0 Å². The molecule has 0 fully saturated rings. The first-order valence-corrected chi connectivity index (χ1v) is 3.05. The number of nitrogens with two attached hydrogens (primary N) is 1. The van der Waals surface area contributed by atoms with Crippen molar-refractivity contribution < 1.29 is 5.43 Å². The topological polar surface area (TPSA) is 46.0 Å². The van der Waals surface area contributed by atoms with Crippen molar-refractivity contribution in [2.45, 2.75) is 0 Å². The van der Waals surface area contributed by atoms with Crippen molar-refractivity contribution in [3.63, 3.8) is 0 Å². The molecule has 0 spiro atoms. The molecule has 1 aliphatic heterocycles. The summed E-state index contributed by atoms with van der Waals surface area (Å²) in [7, 11) is 1.93. The van der Waals surface area contributed by atoms with Crippen LogP contribution in [-0.2, 0) is 0 Å². The summed E-state index contributed by atoms with van der Waals surface area (Å²) in [5, 5.41) is 4.94. The molecule has 0 aromatic heterocycles. The van der Waals surface area contributed by atoms with Gasteiger partial charge in [0.05, 0.1) is 6.20 Å². The third-order valence-electron chi connectivity index (χ3n) is 1.15. The lowest BCUT2D eigenvalue weighted by molar-refractivity contribution is -0.540. The van der Waals surface area contributed by atoms with Gasteiger partial charge < -0.3 is 21.3 Å². The van der Waals surface area contributed by atoms with E-state index in [0.717, 1.165) is 13.1 Å². The maximum Gasteiger partial charge on any atom is 0.0991 e. The van der Waals surface area contributed by atoms with Gasteiger partial charge in [-0.05, 0) is 7.05 Å². The first kappa shape index (κ1) is 6.54. The zero-order chi connectivity index (χ0) is 6.53. The third-order valence-corrected chi connectivity index (χ3v) is 1.15. The molecular weight excluding hydrogens is 116 g/mol. The highest BCUT2D eigenvalue weighted by molar-refractivity contribution is 4.82. The summed E-state index contributed by atoms with van der Waals surface area (Å²) in [4.78, 5) is 0. The van der Waals surface area contributed by atoms with Gasteiger partial charge in [0.2, 0.25) is 0 Å². The summed E-state index contributed by atoms with van der Waals surface area (Å²) in [6.45, 7) is 1.92. The van der Waals surface area contributed by atoms with Gasteiger partial charge in [-0.25, -0.2) is 0 Å². The number of likely N-dealkylation sites (N-methyl/N-ethyl adjacent to an activating group) is 1. The van der Waals surface area contributed by atoms with Gasteiger partial charge in [-0.15, -0.1) is 0 Å². The average molecular weight is 128 g/mol. The minimum atomic E-state index is 0.948. The van der Waals surface area contributed by atoms with E-state index in [0.29, 0.717) is 0 Å². The van der Waals surface area contributed by atoms with Gasteiger partial charge in [-0.2, -0.15) is 0 Å². The van der Waals surface area contributed by atoms with Crippen molar-refractivity contribution in [3.8, 4) is 0 Å². The van der Waals surface area contributed by atoms with Crippen molar-refractivity contribution in [2.24, 2.45) is 0 Å². The zero-order valence-electron chi connectivity index (χ0n) is 5.54. The third kappa shape index (κ3) is 2.01. The lowest BCUT2D eigenvalue weighted by Gasteiger charge is -2.24. The number of quaternary nitrogens is 1. The van der Waals surface area contributed by atoms with E-state index in [2.05, 4.69) is 10.9 Å². The lowest BCUT2D eigenvalue weighted by atomic mass is 10.6. The van der Waals surface area contributed by atoms with Gasteiger partial charge in [0.15, 0.2) is 0 Å². The van der Waals surface area contributed by atoms with Crippen LogP contribution in [0.4, 0.5) is 0 Å². The van der Waals surface area contributed by atoms with Crippen molar-refractivity contribution >= 4 is 0 Å². The average Bonchev–Trinajstić information content (AvgIpc) is 2.34. The standard InChI is InChI=1S/C5H12N4/c1-6-2-4-9-5-3-7-8-9/h3,5-6H,2,4,7H2,1H3. The molecule has 0 saturated carbocycles. The van der Waals surface area contributed by atoms with E-state index in [1.807, 2.05) is 24.5 Å². The SMILES string of the molecule is CNCCN1C=C[NH2+][N-]1. The Balaban J connectivity index is 2.05. The Morgan fingerprint density at radius 3 is 3.22 bits per heavy atom. The number of rotatable bonds is 3. The molecule has 0 saturated heterocycles. The Morgan fingerprint density at radius 1 is 1.78 bits per heavy atom. The summed E-state index contributed by atoms with van der Waals surface area (Å²) in [6.07, 6.45) is 3.88. The molecular formula is C5H12N4. The zero-order valence-corrected chi connectivity index (χ0v) is 5.54. The smallest absolute Gasteiger partial charge is 0.0991 e. The molecule has 0 aliphatic carbocycles. The van der Waals surface area contributed by atoms with Crippen LogP contribution in [0, 0.1) is 0 Å². The molecule has 0 bridgehead atoms. The summed E-state index contributed by atoms with van der Waals surface area (Å²) in [5.41, 5.74) is 5.82. The van der Waals surface area contributed by atoms with Gasteiger partial charge in [-0.3, -0.25) is 0 Å². The number of nitrogens with zero attached hydrogens (tertiary/aromatic N) is 2. The Labute approximate surface area is 54.9 Å². The van der Waals surface area contributed by atoms with Crippen LogP contribution in [0.15, 0.2) is 12.4 Å². The van der Waals surface area contributed by atoms with Crippen LogP contribution in [0.25, 0.3) is 5.53 Å². The lowest BCUT2D eigenvalue weighted by Crippen LogP contribution is -2.71. The van der Waals surface area contributed by atoms with Crippen LogP contribution >= 0.6 is 0 Å². The second kappa shape index (κ2) is 3.45. The van der Waals surface area contributed by atoms with Crippen molar-refractivity contribution in [1.29, 1.82) is 0 Å². The Hall–Kier alpha value is -0.580. The van der Waals surface area contributed by atoms with Gasteiger partial charge in [0, 0.05) is 19.3 Å². The van der Waals surface area contributed by atoms with E-state index < -0.39 is 0 Å². The van der Waals surface area contributed by atoms with Gasteiger partial charge in [0.25, 0.3) is 0 Å². The summed E-state index contributed by atoms with van der Waals surface area (Å²) >= 11 is 0. The van der Waals surface area contributed by atoms with Crippen molar-refractivity contribution in [2.75, 3.05) is 20.1 Å². The van der Waals surface area contributed by atoms with E-state index in [1.165, 1.54) is 0 Å². The molecule has 1 rings (SSSR count). The Kier molecular flexibility index (Phi) is 2.50. The largest absolute Gasteiger partial charge is 0.426 e. The molecule has 0 radical (unpaired) electrons. The summed E-state index contributed by atoms with van der Waals surface area (Å²) < 4.78 is 0. The first-order chi connectivity index (χ1) is 4.43. The predicted molar refractivity (Wildman–Crippen MR) is 35.1 cm³/mol.